The minimum Gasteiger partial charge on any atom is -0.362 e. The maximum absolute atomic E-state index is 11.5. The quantitative estimate of drug-likeness (QED) is 0.780. The lowest BCUT2D eigenvalue weighted by Crippen LogP contribution is -2.28. The van der Waals surface area contributed by atoms with Gasteiger partial charge in [0.15, 0.2) is 0 Å². The van der Waals surface area contributed by atoms with Crippen molar-refractivity contribution in [1.29, 1.82) is 0 Å². The van der Waals surface area contributed by atoms with Crippen molar-refractivity contribution in [2.75, 3.05) is 4.90 Å². The number of anilines is 1. The lowest BCUT2D eigenvalue weighted by molar-refractivity contribution is 0.597. The first-order chi connectivity index (χ1) is 11.4. The van der Waals surface area contributed by atoms with Crippen molar-refractivity contribution in [2.24, 2.45) is 5.14 Å². The third-order valence-electron chi connectivity index (χ3n) is 4.38. The summed E-state index contributed by atoms with van der Waals surface area (Å²) in [6.45, 7) is 2.87. The van der Waals surface area contributed by atoms with Crippen molar-refractivity contribution in [3.63, 3.8) is 0 Å². The van der Waals surface area contributed by atoms with Gasteiger partial charge in [-0.25, -0.2) is 18.5 Å². The van der Waals surface area contributed by atoms with E-state index in [1.807, 2.05) is 24.3 Å². The van der Waals surface area contributed by atoms with E-state index in [0.29, 0.717) is 6.04 Å². The molecule has 1 aromatic heterocycles. The van der Waals surface area contributed by atoms with Crippen LogP contribution >= 0.6 is 11.3 Å². The molecule has 4 rings (SSSR count). The molecule has 0 amide bonds. The van der Waals surface area contributed by atoms with Gasteiger partial charge in [0.1, 0.15) is 5.01 Å². The molecule has 3 aromatic rings. The number of thiazole rings is 1. The molecule has 1 atom stereocenters. The molecular formula is C17H17N3O2S2. The largest absolute Gasteiger partial charge is 0.362 e. The Kier molecular flexibility index (Phi) is 3.59. The van der Waals surface area contributed by atoms with Gasteiger partial charge in [-0.15, -0.1) is 11.3 Å². The molecule has 0 spiro atoms. The van der Waals surface area contributed by atoms with E-state index < -0.39 is 10.0 Å². The molecule has 5 nitrogen and oxygen atoms in total. The van der Waals surface area contributed by atoms with Crippen LogP contribution in [-0.2, 0) is 23.0 Å². The number of fused-ring (bicyclic) bond motifs is 2. The van der Waals surface area contributed by atoms with Gasteiger partial charge in [0.2, 0.25) is 10.0 Å². The smallest absolute Gasteiger partial charge is 0.238 e. The van der Waals surface area contributed by atoms with Gasteiger partial charge < -0.3 is 4.90 Å². The molecule has 7 heteroatoms. The Labute approximate surface area is 144 Å². The number of para-hydroxylation sites is 1. The van der Waals surface area contributed by atoms with Gasteiger partial charge in [-0.2, -0.15) is 0 Å². The predicted octanol–water partition coefficient (Wildman–Crippen LogP) is 2.89. The number of nitrogens with two attached hydrogens (primary N) is 1. The van der Waals surface area contributed by atoms with Crippen molar-refractivity contribution < 1.29 is 8.42 Å². The van der Waals surface area contributed by atoms with Crippen molar-refractivity contribution in [3.05, 3.63) is 53.0 Å². The average molecular weight is 359 g/mol. The van der Waals surface area contributed by atoms with Gasteiger partial charge in [-0.3, -0.25) is 0 Å². The Morgan fingerprint density at radius 2 is 2.08 bits per heavy atom. The van der Waals surface area contributed by atoms with Crippen LogP contribution in [0.25, 0.3) is 10.2 Å². The Morgan fingerprint density at radius 3 is 2.83 bits per heavy atom. The number of benzene rings is 2. The van der Waals surface area contributed by atoms with Gasteiger partial charge in [0.25, 0.3) is 0 Å². The van der Waals surface area contributed by atoms with E-state index in [0.717, 1.165) is 34.7 Å². The summed E-state index contributed by atoms with van der Waals surface area (Å²) in [4.78, 5) is 7.16. The third kappa shape index (κ3) is 2.68. The van der Waals surface area contributed by atoms with Crippen LogP contribution in [0.2, 0.25) is 0 Å². The molecule has 0 bridgehead atoms. The monoisotopic (exact) mass is 359 g/mol. The average Bonchev–Trinajstić information content (AvgIpc) is 3.07. The Balaban J connectivity index is 1.68. The Bertz CT molecular complexity index is 994. The number of primary sulfonamides is 1. The lowest BCUT2D eigenvalue weighted by Gasteiger charge is -2.23. The first-order valence-electron chi connectivity index (χ1n) is 7.68. The molecule has 2 aromatic carbocycles. The van der Waals surface area contributed by atoms with Crippen molar-refractivity contribution >= 4 is 37.3 Å². The molecular weight excluding hydrogens is 342 g/mol. The lowest BCUT2D eigenvalue weighted by atomic mass is 10.1. The highest BCUT2D eigenvalue weighted by Crippen LogP contribution is 2.35. The van der Waals surface area contributed by atoms with Crippen LogP contribution in [0.4, 0.5) is 5.69 Å². The molecule has 1 aliphatic rings. The fraction of sp³-hybridized carbons (Fsp3) is 0.235. The van der Waals surface area contributed by atoms with Crippen molar-refractivity contribution in [1.82, 2.24) is 4.98 Å². The first-order valence-corrected chi connectivity index (χ1v) is 10.0. The van der Waals surface area contributed by atoms with Crippen LogP contribution in [-0.4, -0.2) is 19.4 Å². The zero-order valence-corrected chi connectivity index (χ0v) is 14.8. The SMILES string of the molecule is C[C@@H]1Cc2cc(S(N)(=O)=O)ccc2N1Cc1nc2ccccc2s1. The van der Waals surface area contributed by atoms with E-state index in [4.69, 9.17) is 10.1 Å². The molecule has 0 aliphatic carbocycles. The topological polar surface area (TPSA) is 76.3 Å². The van der Waals surface area contributed by atoms with Gasteiger partial charge in [-0.1, -0.05) is 12.1 Å². The zero-order chi connectivity index (χ0) is 16.9. The summed E-state index contributed by atoms with van der Waals surface area (Å²) in [5, 5.41) is 6.30. The molecule has 0 radical (unpaired) electrons. The molecule has 24 heavy (non-hydrogen) atoms. The number of rotatable bonds is 3. The summed E-state index contributed by atoms with van der Waals surface area (Å²) >= 11 is 1.70. The van der Waals surface area contributed by atoms with Crippen molar-refractivity contribution in [3.8, 4) is 0 Å². The zero-order valence-electron chi connectivity index (χ0n) is 13.1. The number of sulfonamides is 1. The minimum absolute atomic E-state index is 0.176. The number of aromatic nitrogens is 1. The first kappa shape index (κ1) is 15.6. The maximum Gasteiger partial charge on any atom is 0.238 e. The fourth-order valence-corrected chi connectivity index (χ4v) is 4.75. The van der Waals surface area contributed by atoms with Crippen LogP contribution in [0.15, 0.2) is 47.4 Å². The van der Waals surface area contributed by atoms with Gasteiger partial charge in [0, 0.05) is 11.7 Å². The molecule has 0 unspecified atom stereocenters. The third-order valence-corrected chi connectivity index (χ3v) is 6.31. The van der Waals surface area contributed by atoms with Crippen LogP contribution in [0, 0.1) is 0 Å². The van der Waals surface area contributed by atoms with Gasteiger partial charge in [-0.05, 0) is 49.2 Å². The van der Waals surface area contributed by atoms with E-state index in [9.17, 15) is 8.42 Å². The normalized spacial score (nSPS) is 17.4. The van der Waals surface area contributed by atoms with Crippen LogP contribution in [0.3, 0.4) is 0 Å². The van der Waals surface area contributed by atoms with Crippen LogP contribution in [0.5, 0.6) is 0 Å². The standard InChI is InChI=1S/C17H17N3O2S2/c1-11-8-12-9-13(24(18,21)22)6-7-15(12)20(11)10-17-19-14-4-2-3-5-16(14)23-17/h2-7,9,11H,8,10H2,1H3,(H2,18,21,22)/t11-/m1/s1. The second-order valence-electron chi connectivity index (χ2n) is 6.09. The van der Waals surface area contributed by atoms with Crippen molar-refractivity contribution in [2.45, 2.75) is 30.8 Å². The Morgan fingerprint density at radius 1 is 1.29 bits per heavy atom. The summed E-state index contributed by atoms with van der Waals surface area (Å²) in [7, 11) is -3.66. The Hall–Kier alpha value is -1.96. The molecule has 0 fully saturated rings. The van der Waals surface area contributed by atoms with E-state index >= 15 is 0 Å². The fourth-order valence-electron chi connectivity index (χ4n) is 3.22. The summed E-state index contributed by atoms with van der Waals surface area (Å²) in [6, 6.07) is 13.5. The second-order valence-corrected chi connectivity index (χ2v) is 8.77. The highest BCUT2D eigenvalue weighted by atomic mass is 32.2. The molecule has 0 saturated carbocycles. The van der Waals surface area contributed by atoms with E-state index in [2.05, 4.69) is 17.9 Å². The number of nitrogens with zero attached hydrogens (tertiary/aromatic N) is 2. The van der Waals surface area contributed by atoms with Gasteiger partial charge in [0.05, 0.1) is 21.7 Å². The van der Waals surface area contributed by atoms with E-state index in [1.165, 1.54) is 4.70 Å². The second kappa shape index (κ2) is 5.54. The van der Waals surface area contributed by atoms with E-state index in [-0.39, 0.29) is 4.90 Å². The number of hydrogen-bond acceptors (Lipinski definition) is 5. The molecule has 2 heterocycles. The summed E-state index contributed by atoms with van der Waals surface area (Å²) in [5.41, 5.74) is 3.11. The highest BCUT2D eigenvalue weighted by Gasteiger charge is 2.28. The summed E-state index contributed by atoms with van der Waals surface area (Å²) in [6.07, 6.45) is 0.809. The van der Waals surface area contributed by atoms with Crippen LogP contribution in [0.1, 0.15) is 17.5 Å². The molecule has 124 valence electrons. The number of hydrogen-bond donors (Lipinski definition) is 1. The predicted molar refractivity (Wildman–Crippen MR) is 96.8 cm³/mol. The molecule has 2 N–H and O–H groups in total. The highest BCUT2D eigenvalue weighted by molar-refractivity contribution is 7.89. The maximum atomic E-state index is 11.5. The summed E-state index contributed by atoms with van der Waals surface area (Å²) in [5.74, 6) is 0. The minimum atomic E-state index is -3.66. The molecule has 1 aliphatic heterocycles. The summed E-state index contributed by atoms with van der Waals surface area (Å²) < 4.78 is 24.3. The molecule has 0 saturated heterocycles. The van der Waals surface area contributed by atoms with Crippen LogP contribution < -0.4 is 10.0 Å². The van der Waals surface area contributed by atoms with Gasteiger partial charge >= 0.3 is 0 Å². The van der Waals surface area contributed by atoms with E-state index in [1.54, 1.807) is 23.5 Å².